The van der Waals surface area contributed by atoms with Crippen LogP contribution in [0.1, 0.15) is 37.4 Å². The number of carbonyl (C=O) groups excluding carboxylic acids is 3. The molecule has 2 N–H and O–H groups in total. The Morgan fingerprint density at radius 1 is 0.800 bits per heavy atom. The average molecular weight is 678 g/mol. The molecule has 222 valence electrons. The maximum Gasteiger partial charge on any atom is 0.272 e. The lowest BCUT2D eigenvalue weighted by atomic mass is 10.0. The van der Waals surface area contributed by atoms with Gasteiger partial charge in [-0.1, -0.05) is 76.6 Å². The van der Waals surface area contributed by atoms with E-state index < -0.39 is 17.6 Å². The van der Waals surface area contributed by atoms with E-state index in [-0.39, 0.29) is 22.8 Å². The van der Waals surface area contributed by atoms with Crippen LogP contribution in [0, 0.1) is 5.82 Å². The fourth-order valence-corrected chi connectivity index (χ4v) is 6.16. The van der Waals surface area contributed by atoms with E-state index in [4.69, 9.17) is 0 Å². The minimum Gasteiger partial charge on any atom is -0.321 e. The van der Waals surface area contributed by atoms with E-state index in [0.29, 0.717) is 16.8 Å². The van der Waals surface area contributed by atoms with Crippen molar-refractivity contribution in [3.05, 3.63) is 159 Å². The molecular formula is C37H26BrFN2O3S. The third kappa shape index (κ3) is 7.14. The highest BCUT2D eigenvalue weighted by Crippen LogP contribution is 2.37. The van der Waals surface area contributed by atoms with Crippen LogP contribution in [0.5, 0.6) is 0 Å². The number of hydrogen-bond acceptors (Lipinski definition) is 4. The van der Waals surface area contributed by atoms with E-state index >= 15 is 0 Å². The van der Waals surface area contributed by atoms with Gasteiger partial charge in [-0.2, -0.15) is 0 Å². The van der Waals surface area contributed by atoms with Crippen molar-refractivity contribution in [2.75, 3.05) is 11.1 Å². The number of halogens is 2. The summed E-state index contributed by atoms with van der Waals surface area (Å²) in [6.07, 6.45) is 2.35. The van der Waals surface area contributed by atoms with Gasteiger partial charge in [0.25, 0.3) is 11.8 Å². The minimum atomic E-state index is -0.740. The summed E-state index contributed by atoms with van der Waals surface area (Å²) in [5.41, 5.74) is 6.51. The van der Waals surface area contributed by atoms with Crippen molar-refractivity contribution >= 4 is 57.1 Å². The molecule has 8 heteroatoms. The molecule has 5 aromatic rings. The molecule has 0 atom stereocenters. The second kappa shape index (κ2) is 13.5. The summed E-state index contributed by atoms with van der Waals surface area (Å²) in [5.74, 6) is -1.68. The van der Waals surface area contributed by atoms with Crippen molar-refractivity contribution in [1.29, 1.82) is 0 Å². The minimum absolute atomic E-state index is 0.0458. The molecule has 0 saturated heterocycles. The molecule has 5 aromatic carbocycles. The lowest BCUT2D eigenvalue weighted by molar-refractivity contribution is -0.113. The van der Waals surface area contributed by atoms with E-state index in [1.807, 2.05) is 54.6 Å². The summed E-state index contributed by atoms with van der Waals surface area (Å²) in [7, 11) is 0. The molecule has 0 unspecified atom stereocenters. The average Bonchev–Trinajstić information content (AvgIpc) is 3.43. The van der Waals surface area contributed by atoms with Gasteiger partial charge in [-0.05, 0) is 94.9 Å². The zero-order valence-corrected chi connectivity index (χ0v) is 26.3. The molecule has 0 radical (unpaired) electrons. The topological polar surface area (TPSA) is 75.3 Å². The first kappa shape index (κ1) is 30.2. The van der Waals surface area contributed by atoms with Gasteiger partial charge >= 0.3 is 0 Å². The first-order valence-corrected chi connectivity index (χ1v) is 15.9. The van der Waals surface area contributed by atoms with E-state index in [9.17, 15) is 18.8 Å². The fourth-order valence-electron chi connectivity index (χ4n) is 5.10. The van der Waals surface area contributed by atoms with Gasteiger partial charge in [0.05, 0.1) is 11.3 Å². The highest BCUT2D eigenvalue weighted by Gasteiger charge is 2.20. The van der Waals surface area contributed by atoms with Gasteiger partial charge in [0, 0.05) is 20.6 Å². The number of benzene rings is 5. The third-order valence-corrected chi connectivity index (χ3v) is 8.93. The van der Waals surface area contributed by atoms with Crippen molar-refractivity contribution in [2.24, 2.45) is 0 Å². The Hall–Kier alpha value is -4.79. The maximum absolute atomic E-state index is 14.3. The number of rotatable bonds is 9. The second-order valence-electron chi connectivity index (χ2n) is 10.4. The first-order valence-electron chi connectivity index (χ1n) is 14.2. The van der Waals surface area contributed by atoms with Crippen molar-refractivity contribution < 1.29 is 18.8 Å². The van der Waals surface area contributed by atoms with Crippen LogP contribution in [-0.4, -0.2) is 23.4 Å². The monoisotopic (exact) mass is 676 g/mol. The smallest absolute Gasteiger partial charge is 0.272 e. The van der Waals surface area contributed by atoms with Crippen molar-refractivity contribution in [2.45, 2.75) is 11.3 Å². The van der Waals surface area contributed by atoms with Crippen LogP contribution in [0.15, 0.2) is 130 Å². The molecule has 1 aliphatic rings. The quantitative estimate of drug-likeness (QED) is 0.0914. The van der Waals surface area contributed by atoms with Crippen LogP contribution >= 0.6 is 27.7 Å². The zero-order valence-electron chi connectivity index (χ0n) is 23.9. The first-order chi connectivity index (χ1) is 21.8. The van der Waals surface area contributed by atoms with Gasteiger partial charge in [0.1, 0.15) is 11.5 Å². The van der Waals surface area contributed by atoms with Crippen molar-refractivity contribution in [1.82, 2.24) is 5.32 Å². The zero-order chi connectivity index (χ0) is 31.3. The Bertz CT molecular complexity index is 1960. The van der Waals surface area contributed by atoms with Gasteiger partial charge in [0.2, 0.25) is 0 Å². The Morgan fingerprint density at radius 2 is 1.51 bits per heavy atom. The third-order valence-electron chi connectivity index (χ3n) is 7.39. The lowest BCUT2D eigenvalue weighted by Gasteiger charge is -2.12. The number of Topliss-reactive ketones (excluding diaryl/α,β-unsaturated/α-hetero) is 1. The molecule has 0 aromatic heterocycles. The summed E-state index contributed by atoms with van der Waals surface area (Å²) in [4.78, 5) is 40.0. The highest BCUT2D eigenvalue weighted by molar-refractivity contribution is 9.10. The molecule has 0 bridgehead atoms. The number of thioether (sulfide) groups is 1. The van der Waals surface area contributed by atoms with Gasteiger partial charge < -0.3 is 10.6 Å². The summed E-state index contributed by atoms with van der Waals surface area (Å²) in [5, 5.41) is 5.35. The summed E-state index contributed by atoms with van der Waals surface area (Å²) < 4.78 is 15.1. The molecule has 1 aliphatic carbocycles. The normalized spacial score (nSPS) is 11.8. The SMILES string of the molecule is O=C(Nc1ccc(SCC(=O)c2ccc3c(c2)Cc2ccccc2-3)cc1)/C(=C\c1ccc(Br)cc1)NC(=O)c1ccccc1F. The lowest BCUT2D eigenvalue weighted by Crippen LogP contribution is -2.31. The predicted octanol–water partition coefficient (Wildman–Crippen LogP) is 8.54. The number of hydrogen-bond donors (Lipinski definition) is 2. The number of ketones is 1. The van der Waals surface area contributed by atoms with Crippen LogP contribution in [-0.2, 0) is 11.2 Å². The molecular weight excluding hydrogens is 651 g/mol. The van der Waals surface area contributed by atoms with E-state index in [1.54, 1.807) is 30.3 Å². The van der Waals surface area contributed by atoms with Gasteiger partial charge in [-0.25, -0.2) is 4.39 Å². The number of amides is 2. The molecule has 0 saturated carbocycles. The van der Waals surface area contributed by atoms with E-state index in [2.05, 4.69) is 38.7 Å². The van der Waals surface area contributed by atoms with Crippen LogP contribution in [0.3, 0.4) is 0 Å². The molecule has 0 fully saturated rings. The molecule has 0 spiro atoms. The Kier molecular flexibility index (Phi) is 9.05. The second-order valence-corrected chi connectivity index (χ2v) is 12.4. The predicted molar refractivity (Wildman–Crippen MR) is 181 cm³/mol. The van der Waals surface area contributed by atoms with E-state index in [0.717, 1.165) is 15.8 Å². The summed E-state index contributed by atoms with van der Waals surface area (Å²) in [6, 6.07) is 34.1. The number of fused-ring (bicyclic) bond motifs is 3. The number of anilines is 1. The highest BCUT2D eigenvalue weighted by atomic mass is 79.9. The van der Waals surface area contributed by atoms with Crippen LogP contribution in [0.4, 0.5) is 10.1 Å². The Labute approximate surface area is 272 Å². The number of nitrogens with one attached hydrogen (secondary N) is 2. The van der Waals surface area contributed by atoms with Gasteiger partial charge in [-0.3, -0.25) is 14.4 Å². The maximum atomic E-state index is 14.3. The van der Waals surface area contributed by atoms with E-state index in [1.165, 1.54) is 58.3 Å². The summed E-state index contributed by atoms with van der Waals surface area (Å²) in [6.45, 7) is 0. The van der Waals surface area contributed by atoms with Gasteiger partial charge in [-0.15, -0.1) is 11.8 Å². The van der Waals surface area contributed by atoms with Crippen molar-refractivity contribution in [3.8, 4) is 11.1 Å². The largest absolute Gasteiger partial charge is 0.321 e. The molecule has 45 heavy (non-hydrogen) atoms. The standard InChI is InChI=1S/C37H26BrFN2O3S/c38-27-12-9-23(10-13-27)19-34(41-36(43)32-7-3-4-8-33(32)39)37(44)40-28-14-16-29(17-15-28)45-22-35(42)25-11-18-31-26(21-25)20-24-5-1-2-6-30(24)31/h1-19,21H,20,22H2,(H,40,44)(H,41,43)/b34-19+. The molecule has 0 heterocycles. The fraction of sp³-hybridized carbons (Fsp3) is 0.0541. The van der Waals surface area contributed by atoms with Crippen LogP contribution < -0.4 is 10.6 Å². The Balaban J connectivity index is 1.10. The van der Waals surface area contributed by atoms with Crippen LogP contribution in [0.2, 0.25) is 0 Å². The Morgan fingerprint density at radius 3 is 2.29 bits per heavy atom. The number of carbonyl (C=O) groups is 3. The summed E-state index contributed by atoms with van der Waals surface area (Å²) >= 11 is 4.80. The molecule has 5 nitrogen and oxygen atoms in total. The van der Waals surface area contributed by atoms with Crippen LogP contribution in [0.25, 0.3) is 17.2 Å². The van der Waals surface area contributed by atoms with Gasteiger partial charge in [0.15, 0.2) is 5.78 Å². The molecule has 2 amide bonds. The van der Waals surface area contributed by atoms with Crippen molar-refractivity contribution in [3.63, 3.8) is 0 Å². The molecule has 6 rings (SSSR count). The molecule has 0 aliphatic heterocycles.